The summed E-state index contributed by atoms with van der Waals surface area (Å²) < 4.78 is 4.95. The van der Waals surface area contributed by atoms with Gasteiger partial charge in [-0.15, -0.1) is 0 Å². The van der Waals surface area contributed by atoms with Crippen LogP contribution in [0.15, 0.2) is 69.9 Å². The number of carbonyl (C=O) groups is 2. The molecule has 3 N–H and O–H groups in total. The monoisotopic (exact) mass is 791 g/mol. The van der Waals surface area contributed by atoms with Gasteiger partial charge in [0.2, 0.25) is 0 Å². The standard InChI is InChI=1S/C18H14BrN5O.C17H13BrN6O/c1-20-13-4-5-16(15(19)7-13)22-17-8-14(6-11-2-3-11)24-18(23-17)12(10-25)9-21-24;1-19-12-4-5-14(13(18)6-12)22-15-7-16(21-11-2-3-11)24-17(23-15)10(9-25)8-20-24/h4-5,7-11H,2-3,6H2,(H,22,23);4-9,11,21H,2-3H2,(H,22,23). The van der Waals surface area contributed by atoms with Crippen molar-refractivity contribution in [2.45, 2.75) is 38.1 Å². The maximum absolute atomic E-state index is 11.3. The van der Waals surface area contributed by atoms with E-state index in [9.17, 15) is 9.59 Å². The number of fused-ring (bicyclic) bond motifs is 2. The van der Waals surface area contributed by atoms with Gasteiger partial charge in [-0.3, -0.25) is 9.59 Å². The molecule has 2 aromatic carbocycles. The summed E-state index contributed by atoms with van der Waals surface area (Å²) >= 11 is 6.94. The average Bonchev–Trinajstić information content (AvgIpc) is 4.04. The van der Waals surface area contributed by atoms with Gasteiger partial charge in [-0.05, 0) is 94.1 Å². The maximum atomic E-state index is 11.3. The Labute approximate surface area is 303 Å². The van der Waals surface area contributed by atoms with E-state index in [0.717, 1.165) is 63.7 Å². The van der Waals surface area contributed by atoms with E-state index in [-0.39, 0.29) is 0 Å². The third-order valence-electron chi connectivity index (χ3n) is 8.14. The van der Waals surface area contributed by atoms with E-state index in [1.807, 2.05) is 24.3 Å². The van der Waals surface area contributed by atoms with Crippen LogP contribution < -0.4 is 16.0 Å². The molecule has 6 aromatic rings. The number of hydrogen-bond acceptors (Lipinski definition) is 9. The molecule has 13 nitrogen and oxygen atoms in total. The van der Waals surface area contributed by atoms with Gasteiger partial charge in [0.25, 0.3) is 0 Å². The lowest BCUT2D eigenvalue weighted by Crippen LogP contribution is -2.09. The molecule has 0 atom stereocenters. The Balaban J connectivity index is 0.000000157. The average molecular weight is 793 g/mol. The quantitative estimate of drug-likeness (QED) is 0.0918. The molecule has 2 aliphatic carbocycles. The molecular weight excluding hydrogens is 766 g/mol. The summed E-state index contributed by atoms with van der Waals surface area (Å²) in [6, 6.07) is 14.9. The van der Waals surface area contributed by atoms with E-state index in [2.05, 4.69) is 77.7 Å². The van der Waals surface area contributed by atoms with E-state index in [0.29, 0.717) is 57.4 Å². The van der Waals surface area contributed by atoms with Crippen molar-refractivity contribution in [2.24, 2.45) is 5.92 Å². The van der Waals surface area contributed by atoms with Crippen molar-refractivity contribution in [2.75, 3.05) is 16.0 Å². The van der Waals surface area contributed by atoms with E-state index in [4.69, 9.17) is 13.1 Å². The highest BCUT2D eigenvalue weighted by Gasteiger charge is 2.25. The van der Waals surface area contributed by atoms with Crippen molar-refractivity contribution in [3.8, 4) is 0 Å². The SMILES string of the molecule is [C-]#[N+]c1ccc(Nc2cc(CC3CC3)n3ncc(C=O)c3n2)c(Br)c1.[C-]#[N+]c1ccc(Nc2cc(NC3CC3)n3ncc(C=O)c3n2)c(Br)c1. The summed E-state index contributed by atoms with van der Waals surface area (Å²) in [6.45, 7) is 14.1. The summed E-state index contributed by atoms with van der Waals surface area (Å²) in [5.74, 6) is 2.72. The molecule has 4 heterocycles. The maximum Gasteiger partial charge on any atom is 0.188 e. The molecule has 0 spiro atoms. The molecule has 4 aromatic heterocycles. The second-order valence-corrected chi connectivity index (χ2v) is 13.6. The van der Waals surface area contributed by atoms with E-state index in [1.54, 1.807) is 39.5 Å². The second-order valence-electron chi connectivity index (χ2n) is 11.9. The van der Waals surface area contributed by atoms with Crippen LogP contribution >= 0.6 is 31.9 Å². The van der Waals surface area contributed by atoms with Crippen molar-refractivity contribution >= 4 is 95.9 Å². The zero-order valence-corrected chi connectivity index (χ0v) is 29.4. The van der Waals surface area contributed by atoms with Crippen LogP contribution in [0.25, 0.3) is 21.0 Å². The lowest BCUT2D eigenvalue weighted by atomic mass is 10.2. The van der Waals surface area contributed by atoms with Crippen LogP contribution in [0.4, 0.5) is 40.2 Å². The third kappa shape index (κ3) is 7.19. The summed E-state index contributed by atoms with van der Waals surface area (Å²) in [5.41, 5.74) is 5.72. The van der Waals surface area contributed by atoms with Crippen LogP contribution in [0.3, 0.4) is 0 Å². The molecule has 248 valence electrons. The number of nitrogens with one attached hydrogen (secondary N) is 3. The Bertz CT molecular complexity index is 2200. The van der Waals surface area contributed by atoms with Crippen LogP contribution in [0.2, 0.25) is 0 Å². The van der Waals surface area contributed by atoms with Gasteiger partial charge >= 0.3 is 0 Å². The topological polar surface area (TPSA) is 139 Å². The van der Waals surface area contributed by atoms with Crippen LogP contribution in [0.5, 0.6) is 0 Å². The molecule has 2 aliphatic rings. The highest BCUT2D eigenvalue weighted by molar-refractivity contribution is 9.11. The predicted molar refractivity (Wildman–Crippen MR) is 197 cm³/mol. The fourth-order valence-electron chi connectivity index (χ4n) is 5.24. The van der Waals surface area contributed by atoms with Crippen molar-refractivity contribution in [3.63, 3.8) is 0 Å². The first-order chi connectivity index (χ1) is 24.3. The molecule has 8 rings (SSSR count). The number of nitrogens with zero attached hydrogens (tertiary/aromatic N) is 8. The minimum atomic E-state index is 0.435. The van der Waals surface area contributed by atoms with Gasteiger partial charge in [-0.2, -0.15) is 14.7 Å². The fourth-order valence-corrected chi connectivity index (χ4v) is 6.18. The number of halogens is 2. The highest BCUT2D eigenvalue weighted by atomic mass is 79.9. The van der Waals surface area contributed by atoms with Crippen molar-refractivity contribution < 1.29 is 9.59 Å². The van der Waals surface area contributed by atoms with Gasteiger partial charge in [-0.25, -0.2) is 24.2 Å². The number of benzene rings is 2. The first kappa shape index (κ1) is 32.9. The molecule has 15 heteroatoms. The first-order valence-electron chi connectivity index (χ1n) is 15.7. The van der Waals surface area contributed by atoms with E-state index >= 15 is 0 Å². The molecule has 0 aliphatic heterocycles. The van der Waals surface area contributed by atoms with Gasteiger partial charge in [0, 0.05) is 32.8 Å². The first-order valence-corrected chi connectivity index (χ1v) is 17.3. The van der Waals surface area contributed by atoms with Crippen LogP contribution in [0, 0.1) is 19.1 Å². The zero-order valence-electron chi connectivity index (χ0n) is 26.3. The van der Waals surface area contributed by atoms with Crippen molar-refractivity contribution in [1.82, 2.24) is 29.2 Å². The molecule has 2 saturated carbocycles. The van der Waals surface area contributed by atoms with Gasteiger partial charge in [-0.1, -0.05) is 12.1 Å². The number of anilines is 5. The molecular formula is C35H27Br2N11O2. The van der Waals surface area contributed by atoms with Crippen LogP contribution in [-0.2, 0) is 6.42 Å². The highest BCUT2D eigenvalue weighted by Crippen LogP contribution is 2.35. The Morgan fingerprint density at radius 2 is 1.30 bits per heavy atom. The fraction of sp³-hybridized carbons (Fsp3) is 0.200. The second kappa shape index (κ2) is 14.1. The number of aromatic nitrogens is 6. The Morgan fingerprint density at radius 1 is 0.760 bits per heavy atom. The summed E-state index contributed by atoms with van der Waals surface area (Å²) in [7, 11) is 0. The van der Waals surface area contributed by atoms with E-state index in [1.165, 1.54) is 19.0 Å². The minimum Gasteiger partial charge on any atom is -0.367 e. The Morgan fingerprint density at radius 3 is 1.80 bits per heavy atom. The molecule has 0 amide bonds. The van der Waals surface area contributed by atoms with Gasteiger partial charge in [0.05, 0.1) is 48.0 Å². The van der Waals surface area contributed by atoms with Crippen LogP contribution in [0.1, 0.15) is 52.1 Å². The number of aldehydes is 2. The number of hydrogen-bond donors (Lipinski definition) is 3. The molecule has 2 fully saturated rings. The molecule has 0 radical (unpaired) electrons. The molecule has 0 unspecified atom stereocenters. The summed E-state index contributed by atoms with van der Waals surface area (Å²) in [6.07, 6.45) is 10.2. The lowest BCUT2D eigenvalue weighted by molar-refractivity contribution is 0.111. The Kier molecular flexibility index (Phi) is 9.25. The minimum absolute atomic E-state index is 0.435. The molecule has 0 saturated heterocycles. The third-order valence-corrected chi connectivity index (χ3v) is 9.45. The normalized spacial score (nSPS) is 13.5. The van der Waals surface area contributed by atoms with Crippen molar-refractivity contribution in [1.29, 1.82) is 0 Å². The molecule has 0 bridgehead atoms. The number of rotatable bonds is 10. The lowest BCUT2D eigenvalue weighted by Gasteiger charge is -2.12. The predicted octanol–water partition coefficient (Wildman–Crippen LogP) is 8.72. The summed E-state index contributed by atoms with van der Waals surface area (Å²) in [5, 5.41) is 18.5. The van der Waals surface area contributed by atoms with Gasteiger partial charge in [0.15, 0.2) is 35.2 Å². The van der Waals surface area contributed by atoms with Gasteiger partial charge in [0.1, 0.15) is 17.5 Å². The largest absolute Gasteiger partial charge is 0.367 e. The number of carbonyl (C=O) groups excluding carboxylic acids is 2. The molecule has 50 heavy (non-hydrogen) atoms. The smallest absolute Gasteiger partial charge is 0.188 e. The van der Waals surface area contributed by atoms with Crippen LogP contribution in [-0.4, -0.2) is 47.8 Å². The van der Waals surface area contributed by atoms with Crippen molar-refractivity contribution in [3.05, 3.63) is 110 Å². The summed E-state index contributed by atoms with van der Waals surface area (Å²) in [4.78, 5) is 38.4. The van der Waals surface area contributed by atoms with E-state index < -0.39 is 0 Å². The van der Waals surface area contributed by atoms with Gasteiger partial charge < -0.3 is 16.0 Å². The zero-order chi connectivity index (χ0) is 34.8. The Hall–Kier alpha value is -5.64.